The maximum atomic E-state index is 11.7. The Hall–Kier alpha value is -0.0400. The molecule has 1 aliphatic rings. The molecule has 1 fully saturated rings. The van der Waals surface area contributed by atoms with E-state index in [-0.39, 0.29) is 10.8 Å². The molecule has 2 heteroatoms. The summed E-state index contributed by atoms with van der Waals surface area (Å²) in [5.74, 6) is 0.961. The molecule has 0 radical (unpaired) electrons. The summed E-state index contributed by atoms with van der Waals surface area (Å²) in [6.07, 6.45) is 5.21. The van der Waals surface area contributed by atoms with E-state index in [2.05, 4.69) is 13.8 Å². The number of Topliss-reactive ketones (excluding diaryl/α,β-unsaturated/α-hetero) is 1. The topological polar surface area (TPSA) is 17.1 Å². The quantitative estimate of drug-likeness (QED) is 0.654. The molecular weight excluding hydrogens is 196 g/mol. The van der Waals surface area contributed by atoms with Crippen LogP contribution in [0, 0.1) is 11.3 Å². The summed E-state index contributed by atoms with van der Waals surface area (Å²) in [4.78, 5) is 11.7. The summed E-state index contributed by atoms with van der Waals surface area (Å²) < 4.78 is 0. The maximum Gasteiger partial charge on any atom is 0.137 e. The third-order valence-corrected chi connectivity index (χ3v) is 4.36. The molecule has 0 amide bonds. The molecule has 0 N–H and O–H groups in total. The van der Waals surface area contributed by atoms with Crippen LogP contribution in [0.1, 0.15) is 52.9 Å². The molecule has 1 rings (SSSR count). The fourth-order valence-corrected chi connectivity index (χ4v) is 3.40. The van der Waals surface area contributed by atoms with Crippen LogP contribution in [-0.2, 0) is 4.79 Å². The minimum Gasteiger partial charge on any atom is -0.299 e. The number of rotatable bonds is 4. The van der Waals surface area contributed by atoms with E-state index in [0.29, 0.717) is 11.7 Å². The van der Waals surface area contributed by atoms with Gasteiger partial charge in [0.05, 0.1) is 0 Å². The molecule has 0 bridgehead atoms. The Morgan fingerprint density at radius 1 is 1.50 bits per heavy atom. The molecule has 1 aliphatic carbocycles. The van der Waals surface area contributed by atoms with E-state index in [1.54, 1.807) is 6.92 Å². The van der Waals surface area contributed by atoms with E-state index >= 15 is 0 Å². The third-order valence-electron chi connectivity index (χ3n) is 3.77. The maximum absolute atomic E-state index is 11.7. The molecule has 82 valence electrons. The summed E-state index contributed by atoms with van der Waals surface area (Å²) in [6.45, 7) is 6.03. The third kappa shape index (κ3) is 1.98. The zero-order valence-electron chi connectivity index (χ0n) is 9.48. The van der Waals surface area contributed by atoms with Crippen LogP contribution in [0.3, 0.4) is 0 Å². The van der Waals surface area contributed by atoms with Gasteiger partial charge in [-0.2, -0.15) is 0 Å². The Bertz CT molecular complexity index is 214. The molecule has 0 saturated heterocycles. The molecule has 3 unspecified atom stereocenters. The smallest absolute Gasteiger partial charge is 0.137 e. The monoisotopic (exact) mass is 216 g/mol. The van der Waals surface area contributed by atoms with Crippen molar-refractivity contribution in [3.05, 3.63) is 0 Å². The fraction of sp³-hybridized carbons (Fsp3) is 0.917. The second kappa shape index (κ2) is 4.65. The van der Waals surface area contributed by atoms with Crippen LogP contribution in [0.25, 0.3) is 0 Å². The van der Waals surface area contributed by atoms with Gasteiger partial charge >= 0.3 is 0 Å². The Balaban J connectivity index is 2.82. The molecule has 3 atom stereocenters. The molecule has 1 nitrogen and oxygen atoms in total. The van der Waals surface area contributed by atoms with Crippen LogP contribution in [0.2, 0.25) is 0 Å². The van der Waals surface area contributed by atoms with Crippen molar-refractivity contribution in [2.45, 2.75) is 58.3 Å². The predicted molar refractivity (Wildman–Crippen MR) is 60.7 cm³/mol. The van der Waals surface area contributed by atoms with Crippen LogP contribution < -0.4 is 0 Å². The lowest BCUT2D eigenvalue weighted by Gasteiger charge is -2.29. The van der Waals surface area contributed by atoms with Crippen LogP contribution in [0.4, 0.5) is 0 Å². The summed E-state index contributed by atoms with van der Waals surface area (Å²) in [7, 11) is 0. The first-order valence-electron chi connectivity index (χ1n) is 5.72. The molecule has 0 heterocycles. The molecule has 0 spiro atoms. The SMILES string of the molecule is CCCC1(C(C)=O)CC(CC)CC1Cl. The first kappa shape index (κ1) is 12.0. The van der Waals surface area contributed by atoms with Gasteiger partial charge in [0.1, 0.15) is 5.78 Å². The number of halogens is 1. The number of alkyl halides is 1. The summed E-state index contributed by atoms with van der Waals surface area (Å²) in [5.41, 5.74) is -0.197. The van der Waals surface area contributed by atoms with Gasteiger partial charge in [-0.1, -0.05) is 26.7 Å². The Kier molecular flexibility index (Phi) is 4.00. The van der Waals surface area contributed by atoms with Crippen molar-refractivity contribution in [1.82, 2.24) is 0 Å². The van der Waals surface area contributed by atoms with Gasteiger partial charge < -0.3 is 0 Å². The van der Waals surface area contributed by atoms with Crippen molar-refractivity contribution in [3.63, 3.8) is 0 Å². The molecule has 0 aromatic carbocycles. The lowest BCUT2D eigenvalue weighted by Crippen LogP contribution is -2.33. The van der Waals surface area contributed by atoms with Crippen LogP contribution in [0.5, 0.6) is 0 Å². The van der Waals surface area contributed by atoms with E-state index in [1.807, 2.05) is 0 Å². The number of hydrogen-bond donors (Lipinski definition) is 0. The van der Waals surface area contributed by atoms with Gasteiger partial charge in [-0.3, -0.25) is 4.79 Å². The van der Waals surface area contributed by atoms with Gasteiger partial charge in [-0.25, -0.2) is 0 Å². The van der Waals surface area contributed by atoms with Gasteiger partial charge in [-0.15, -0.1) is 11.6 Å². The highest BCUT2D eigenvalue weighted by Gasteiger charge is 2.48. The van der Waals surface area contributed by atoms with Crippen LogP contribution in [-0.4, -0.2) is 11.2 Å². The highest BCUT2D eigenvalue weighted by atomic mass is 35.5. The zero-order valence-corrected chi connectivity index (χ0v) is 10.2. The normalized spacial score (nSPS) is 37.4. The first-order valence-corrected chi connectivity index (χ1v) is 6.15. The minimum atomic E-state index is -0.197. The standard InChI is InChI=1S/C12H21ClO/c1-4-6-12(9(3)14)8-10(5-2)7-11(12)13/h10-11H,4-8H2,1-3H3. The number of ketones is 1. The highest BCUT2D eigenvalue weighted by Crippen LogP contribution is 2.49. The van der Waals surface area contributed by atoms with E-state index in [4.69, 9.17) is 11.6 Å². The average molecular weight is 217 g/mol. The van der Waals surface area contributed by atoms with Gasteiger partial charge in [0.2, 0.25) is 0 Å². The van der Waals surface area contributed by atoms with Crippen LogP contribution in [0.15, 0.2) is 0 Å². The van der Waals surface area contributed by atoms with E-state index in [1.165, 1.54) is 0 Å². The van der Waals surface area contributed by atoms with Crippen molar-refractivity contribution >= 4 is 17.4 Å². The van der Waals surface area contributed by atoms with Crippen LogP contribution >= 0.6 is 11.6 Å². The van der Waals surface area contributed by atoms with Gasteiger partial charge in [0, 0.05) is 10.8 Å². The van der Waals surface area contributed by atoms with E-state index < -0.39 is 0 Å². The van der Waals surface area contributed by atoms with Crippen molar-refractivity contribution in [1.29, 1.82) is 0 Å². The lowest BCUT2D eigenvalue weighted by atomic mass is 9.77. The molecule has 0 aliphatic heterocycles. The van der Waals surface area contributed by atoms with Crippen molar-refractivity contribution in [2.24, 2.45) is 11.3 Å². The fourth-order valence-electron chi connectivity index (χ4n) is 2.80. The second-order valence-electron chi connectivity index (χ2n) is 4.64. The number of hydrogen-bond acceptors (Lipinski definition) is 1. The molecule has 1 saturated carbocycles. The Morgan fingerprint density at radius 3 is 2.50 bits per heavy atom. The highest BCUT2D eigenvalue weighted by molar-refractivity contribution is 6.23. The average Bonchev–Trinajstić information content (AvgIpc) is 2.45. The van der Waals surface area contributed by atoms with Crippen molar-refractivity contribution < 1.29 is 4.79 Å². The predicted octanol–water partition coefficient (Wildman–Crippen LogP) is 3.79. The molecule has 0 aromatic rings. The minimum absolute atomic E-state index is 0.0740. The van der Waals surface area contributed by atoms with Gasteiger partial charge in [0.15, 0.2) is 0 Å². The van der Waals surface area contributed by atoms with Crippen molar-refractivity contribution in [2.75, 3.05) is 0 Å². The summed E-state index contributed by atoms with van der Waals surface area (Å²) in [5, 5.41) is 0.0740. The Morgan fingerprint density at radius 2 is 2.14 bits per heavy atom. The molecular formula is C12H21ClO. The second-order valence-corrected chi connectivity index (χ2v) is 5.17. The number of carbonyl (C=O) groups excluding carboxylic acids is 1. The zero-order chi connectivity index (χ0) is 10.8. The summed E-state index contributed by atoms with van der Waals surface area (Å²) in [6, 6.07) is 0. The van der Waals surface area contributed by atoms with Gasteiger partial charge in [0.25, 0.3) is 0 Å². The molecule has 0 aromatic heterocycles. The van der Waals surface area contributed by atoms with E-state index in [9.17, 15) is 4.79 Å². The lowest BCUT2D eigenvalue weighted by molar-refractivity contribution is -0.126. The van der Waals surface area contributed by atoms with Gasteiger partial charge in [-0.05, 0) is 32.1 Å². The largest absolute Gasteiger partial charge is 0.299 e. The Labute approximate surface area is 92.2 Å². The summed E-state index contributed by atoms with van der Waals surface area (Å²) >= 11 is 6.36. The first-order chi connectivity index (χ1) is 6.56. The van der Waals surface area contributed by atoms with Crippen molar-refractivity contribution in [3.8, 4) is 0 Å². The van der Waals surface area contributed by atoms with E-state index in [0.717, 1.165) is 32.1 Å². The molecule has 14 heavy (non-hydrogen) atoms. The number of carbonyl (C=O) groups is 1.